The Labute approximate surface area is 82.6 Å². The summed E-state index contributed by atoms with van der Waals surface area (Å²) in [6, 6.07) is -0.799. The minimum Gasteiger partial charge on any atom is -0.480 e. The van der Waals surface area contributed by atoms with Gasteiger partial charge in [0.15, 0.2) is 0 Å². The summed E-state index contributed by atoms with van der Waals surface area (Å²) in [5.74, 6) is -1.24. The molecule has 5 nitrogen and oxygen atoms in total. The van der Waals surface area contributed by atoms with Crippen molar-refractivity contribution in [3.63, 3.8) is 0 Å². The number of amides is 1. The van der Waals surface area contributed by atoms with E-state index in [9.17, 15) is 9.59 Å². The molecule has 1 fully saturated rings. The van der Waals surface area contributed by atoms with Crippen LogP contribution in [0.1, 0.15) is 19.8 Å². The van der Waals surface area contributed by atoms with Gasteiger partial charge < -0.3 is 14.7 Å². The smallest absolute Gasteiger partial charge is 0.326 e. The van der Waals surface area contributed by atoms with E-state index in [0.29, 0.717) is 13.0 Å². The zero-order valence-corrected chi connectivity index (χ0v) is 8.40. The van der Waals surface area contributed by atoms with Crippen LogP contribution in [0.15, 0.2) is 0 Å². The molecule has 1 unspecified atom stereocenters. The van der Waals surface area contributed by atoms with Crippen molar-refractivity contribution in [3.05, 3.63) is 0 Å². The second kappa shape index (κ2) is 4.41. The normalized spacial score (nSPS) is 23.1. The number of carbonyl (C=O) groups is 2. The van der Waals surface area contributed by atoms with Crippen LogP contribution >= 0.6 is 0 Å². The van der Waals surface area contributed by atoms with Crippen LogP contribution in [0.5, 0.6) is 0 Å². The number of likely N-dealkylation sites (N-methyl/N-ethyl adjacent to an activating group) is 1. The van der Waals surface area contributed by atoms with E-state index in [1.165, 1.54) is 18.9 Å². The molecule has 0 aliphatic carbocycles. The molecule has 80 valence electrons. The molecule has 0 bridgehead atoms. The molecule has 2 atom stereocenters. The molecule has 1 rings (SSSR count). The molecule has 1 aliphatic heterocycles. The van der Waals surface area contributed by atoms with Gasteiger partial charge in [-0.1, -0.05) is 0 Å². The van der Waals surface area contributed by atoms with Crippen molar-refractivity contribution in [1.29, 1.82) is 0 Å². The van der Waals surface area contributed by atoms with Crippen LogP contribution in [0.4, 0.5) is 0 Å². The maximum Gasteiger partial charge on any atom is 0.326 e. The molecule has 1 N–H and O–H groups in total. The average Bonchev–Trinajstić information content (AvgIpc) is 2.67. The number of hydrogen-bond donors (Lipinski definition) is 1. The molecule has 0 aromatic carbocycles. The van der Waals surface area contributed by atoms with Crippen LogP contribution < -0.4 is 0 Å². The summed E-state index contributed by atoms with van der Waals surface area (Å²) in [6.45, 7) is 2.07. The van der Waals surface area contributed by atoms with Gasteiger partial charge in [0.25, 0.3) is 5.91 Å². The van der Waals surface area contributed by atoms with Crippen LogP contribution in [-0.2, 0) is 14.3 Å². The van der Waals surface area contributed by atoms with E-state index >= 15 is 0 Å². The molecule has 0 aromatic heterocycles. The lowest BCUT2D eigenvalue weighted by molar-refractivity contribution is -0.152. The fraction of sp³-hybridized carbons (Fsp3) is 0.778. The van der Waals surface area contributed by atoms with Crippen molar-refractivity contribution < 1.29 is 19.4 Å². The largest absolute Gasteiger partial charge is 0.480 e. The van der Waals surface area contributed by atoms with Crippen molar-refractivity contribution in [1.82, 2.24) is 4.90 Å². The summed E-state index contributed by atoms with van der Waals surface area (Å²) in [5, 5.41) is 8.71. The monoisotopic (exact) mass is 201 g/mol. The van der Waals surface area contributed by atoms with E-state index in [4.69, 9.17) is 9.84 Å². The van der Waals surface area contributed by atoms with E-state index in [2.05, 4.69) is 0 Å². The molecular weight excluding hydrogens is 186 g/mol. The maximum atomic E-state index is 11.6. The number of carboxylic acid groups (broad SMARTS) is 1. The van der Waals surface area contributed by atoms with Crippen LogP contribution in [0, 0.1) is 0 Å². The molecule has 0 aromatic rings. The lowest BCUT2D eigenvalue weighted by Gasteiger charge is -2.24. The maximum absolute atomic E-state index is 11.6. The first kappa shape index (κ1) is 11.0. The fourth-order valence-electron chi connectivity index (χ4n) is 1.36. The lowest BCUT2D eigenvalue weighted by atomic mass is 10.2. The molecule has 0 radical (unpaired) electrons. The highest BCUT2D eigenvalue weighted by Gasteiger charge is 2.30. The minimum atomic E-state index is -1.00. The molecule has 0 spiro atoms. The van der Waals surface area contributed by atoms with E-state index in [1.807, 2.05) is 0 Å². The summed E-state index contributed by atoms with van der Waals surface area (Å²) in [5.41, 5.74) is 0. The molecule has 0 saturated carbocycles. The Kier molecular flexibility index (Phi) is 3.46. The Morgan fingerprint density at radius 1 is 1.57 bits per heavy atom. The Morgan fingerprint density at radius 2 is 2.21 bits per heavy atom. The number of ether oxygens (including phenoxy) is 1. The third-order valence-electron chi connectivity index (χ3n) is 2.49. The topological polar surface area (TPSA) is 66.8 Å². The quantitative estimate of drug-likeness (QED) is 0.703. The molecule has 1 aliphatic rings. The summed E-state index contributed by atoms with van der Waals surface area (Å²) < 4.78 is 5.18. The summed E-state index contributed by atoms with van der Waals surface area (Å²) in [4.78, 5) is 23.5. The Morgan fingerprint density at radius 3 is 2.64 bits per heavy atom. The zero-order chi connectivity index (χ0) is 10.7. The first-order valence-electron chi connectivity index (χ1n) is 4.65. The second-order valence-electron chi connectivity index (χ2n) is 3.47. The van der Waals surface area contributed by atoms with E-state index < -0.39 is 18.1 Å². The number of aliphatic carboxylic acids is 1. The predicted molar refractivity (Wildman–Crippen MR) is 48.8 cm³/mol. The van der Waals surface area contributed by atoms with Gasteiger partial charge in [-0.3, -0.25) is 4.79 Å². The third kappa shape index (κ3) is 2.23. The minimum absolute atomic E-state index is 0.239. The lowest BCUT2D eigenvalue weighted by Crippen LogP contribution is -2.45. The molecular formula is C9H15NO4. The SMILES string of the molecule is CC(C(=O)O)N(C)C(=O)[C@@H]1CCCO1. The van der Waals surface area contributed by atoms with Gasteiger partial charge in [0.2, 0.25) is 0 Å². The predicted octanol–water partition coefficient (Wildman–Crippen LogP) is 0.0969. The second-order valence-corrected chi connectivity index (χ2v) is 3.47. The van der Waals surface area contributed by atoms with Crippen molar-refractivity contribution in [3.8, 4) is 0 Å². The Hall–Kier alpha value is -1.10. The van der Waals surface area contributed by atoms with Gasteiger partial charge in [0, 0.05) is 13.7 Å². The van der Waals surface area contributed by atoms with Gasteiger partial charge in [-0.25, -0.2) is 4.79 Å². The Balaban J connectivity index is 2.54. The molecule has 1 heterocycles. The number of hydrogen-bond acceptors (Lipinski definition) is 3. The molecule has 1 saturated heterocycles. The first-order valence-corrected chi connectivity index (χ1v) is 4.65. The van der Waals surface area contributed by atoms with Gasteiger partial charge in [-0.2, -0.15) is 0 Å². The zero-order valence-electron chi connectivity index (χ0n) is 8.40. The van der Waals surface area contributed by atoms with Gasteiger partial charge in [0.1, 0.15) is 12.1 Å². The number of nitrogens with zero attached hydrogens (tertiary/aromatic N) is 1. The standard InChI is InChI=1S/C9H15NO4/c1-6(9(12)13)10(2)8(11)7-4-3-5-14-7/h6-7H,3-5H2,1-2H3,(H,12,13)/t6?,7-/m0/s1. The summed E-state index contributed by atoms with van der Waals surface area (Å²) >= 11 is 0. The molecule has 5 heteroatoms. The highest BCUT2D eigenvalue weighted by Crippen LogP contribution is 2.15. The van der Waals surface area contributed by atoms with Gasteiger partial charge >= 0.3 is 5.97 Å². The number of carbonyl (C=O) groups excluding carboxylic acids is 1. The van der Waals surface area contributed by atoms with Gasteiger partial charge in [0.05, 0.1) is 0 Å². The van der Waals surface area contributed by atoms with Crippen molar-refractivity contribution in [2.24, 2.45) is 0 Å². The molecule has 14 heavy (non-hydrogen) atoms. The van der Waals surface area contributed by atoms with E-state index in [1.54, 1.807) is 0 Å². The van der Waals surface area contributed by atoms with Crippen molar-refractivity contribution >= 4 is 11.9 Å². The number of rotatable bonds is 3. The van der Waals surface area contributed by atoms with Gasteiger partial charge in [-0.05, 0) is 19.8 Å². The Bertz CT molecular complexity index is 235. The van der Waals surface area contributed by atoms with Gasteiger partial charge in [-0.15, -0.1) is 0 Å². The average molecular weight is 201 g/mol. The number of carboxylic acids is 1. The summed E-state index contributed by atoms with van der Waals surface area (Å²) in [6.07, 6.45) is 1.11. The van der Waals surface area contributed by atoms with Crippen LogP contribution in [-0.4, -0.2) is 47.7 Å². The first-order chi connectivity index (χ1) is 6.54. The fourth-order valence-corrected chi connectivity index (χ4v) is 1.36. The third-order valence-corrected chi connectivity index (χ3v) is 2.49. The van der Waals surface area contributed by atoms with Crippen LogP contribution in [0.2, 0.25) is 0 Å². The summed E-state index contributed by atoms with van der Waals surface area (Å²) in [7, 11) is 1.49. The van der Waals surface area contributed by atoms with E-state index in [0.717, 1.165) is 6.42 Å². The van der Waals surface area contributed by atoms with E-state index in [-0.39, 0.29) is 5.91 Å². The highest BCUT2D eigenvalue weighted by atomic mass is 16.5. The van der Waals surface area contributed by atoms with Crippen molar-refractivity contribution in [2.75, 3.05) is 13.7 Å². The van der Waals surface area contributed by atoms with Crippen molar-refractivity contribution in [2.45, 2.75) is 31.9 Å². The van der Waals surface area contributed by atoms with Crippen LogP contribution in [0.25, 0.3) is 0 Å². The highest BCUT2D eigenvalue weighted by molar-refractivity contribution is 5.86. The molecule has 1 amide bonds. The van der Waals surface area contributed by atoms with Crippen LogP contribution in [0.3, 0.4) is 0 Å².